The molecule has 8 heteroatoms. The Morgan fingerprint density at radius 3 is 2.47 bits per heavy atom. The van der Waals surface area contributed by atoms with Gasteiger partial charge in [-0.2, -0.15) is 10.5 Å². The molecule has 0 aliphatic carbocycles. The van der Waals surface area contributed by atoms with Gasteiger partial charge in [-0.1, -0.05) is 0 Å². The first-order valence-electron chi connectivity index (χ1n) is 10.5. The summed E-state index contributed by atoms with van der Waals surface area (Å²) in [5.74, 6) is 0.399. The van der Waals surface area contributed by atoms with E-state index in [9.17, 15) is 25.5 Å². The zero-order chi connectivity index (χ0) is 24.5. The summed E-state index contributed by atoms with van der Waals surface area (Å²) < 4.78 is 11.6. The van der Waals surface area contributed by atoms with Crippen LogP contribution < -0.4 is 9.47 Å². The summed E-state index contributed by atoms with van der Waals surface area (Å²) in [5.41, 5.74) is 1.32. The van der Waals surface area contributed by atoms with Crippen LogP contribution in [0.25, 0.3) is 11.6 Å². The van der Waals surface area contributed by atoms with Crippen molar-refractivity contribution in [3.8, 4) is 35.1 Å². The molecule has 0 amide bonds. The van der Waals surface area contributed by atoms with Crippen molar-refractivity contribution in [1.29, 1.82) is 10.5 Å². The van der Waals surface area contributed by atoms with Crippen molar-refractivity contribution in [2.75, 3.05) is 6.61 Å². The van der Waals surface area contributed by atoms with Gasteiger partial charge in [0.25, 0.3) is 0 Å². The number of carbonyl (C=O) groups is 1. The molecule has 1 heterocycles. The van der Waals surface area contributed by atoms with Gasteiger partial charge in [0.05, 0.1) is 6.61 Å². The summed E-state index contributed by atoms with van der Waals surface area (Å²) in [6.07, 6.45) is 6.97. The van der Waals surface area contributed by atoms with Crippen LogP contribution in [0.1, 0.15) is 36.8 Å². The predicted octanol–water partition coefficient (Wildman–Crippen LogP) is 4.91. The van der Waals surface area contributed by atoms with Crippen molar-refractivity contribution >= 4 is 17.6 Å². The fourth-order valence-electron chi connectivity index (χ4n) is 3.32. The lowest BCUT2D eigenvalue weighted by Crippen LogP contribution is -2.04. The molecular weight excluding hydrogens is 436 g/mol. The number of phenols is 2. The summed E-state index contributed by atoms with van der Waals surface area (Å²) in [6, 6.07) is 12.8. The molecule has 0 aromatic heterocycles. The maximum atomic E-state index is 10.6. The Labute approximate surface area is 196 Å². The topological polar surface area (TPSA) is 144 Å². The van der Waals surface area contributed by atoms with Gasteiger partial charge in [0.1, 0.15) is 46.5 Å². The Hall–Kier alpha value is -4.69. The highest BCUT2D eigenvalue weighted by Gasteiger charge is 2.20. The number of ether oxygens (including phenoxy) is 2. The molecule has 2 aromatic rings. The fraction of sp³-hybridized carbons (Fsp3) is 0.192. The van der Waals surface area contributed by atoms with Gasteiger partial charge in [-0.05, 0) is 67.8 Å². The minimum atomic E-state index is -0.824. The number of hydrogen-bond donors (Lipinski definition) is 3. The summed E-state index contributed by atoms with van der Waals surface area (Å²) in [4.78, 5) is 10.6. The van der Waals surface area contributed by atoms with Gasteiger partial charge in [0.15, 0.2) is 0 Å². The first kappa shape index (κ1) is 24.0. The highest BCUT2D eigenvalue weighted by Crippen LogP contribution is 2.38. The minimum Gasteiger partial charge on any atom is -0.508 e. The third kappa shape index (κ3) is 6.18. The molecule has 0 saturated carbocycles. The van der Waals surface area contributed by atoms with E-state index in [0.717, 1.165) is 0 Å². The van der Waals surface area contributed by atoms with Crippen LogP contribution >= 0.6 is 0 Å². The van der Waals surface area contributed by atoms with Gasteiger partial charge in [-0.3, -0.25) is 4.79 Å². The van der Waals surface area contributed by atoms with Gasteiger partial charge in [0.2, 0.25) is 0 Å². The average Bonchev–Trinajstić information content (AvgIpc) is 2.81. The van der Waals surface area contributed by atoms with E-state index in [1.54, 1.807) is 30.4 Å². The highest BCUT2D eigenvalue weighted by molar-refractivity contribution is 5.87. The van der Waals surface area contributed by atoms with Crippen molar-refractivity contribution < 1.29 is 29.6 Å². The molecule has 0 unspecified atom stereocenters. The number of aromatic hydroxyl groups is 2. The van der Waals surface area contributed by atoms with Crippen LogP contribution in [0.3, 0.4) is 0 Å². The van der Waals surface area contributed by atoms with Gasteiger partial charge in [-0.15, -0.1) is 0 Å². The fourth-order valence-corrected chi connectivity index (χ4v) is 3.32. The Bertz CT molecular complexity index is 1250. The van der Waals surface area contributed by atoms with E-state index in [0.29, 0.717) is 59.8 Å². The lowest BCUT2D eigenvalue weighted by molar-refractivity contribution is -0.137. The third-order valence-corrected chi connectivity index (χ3v) is 4.98. The van der Waals surface area contributed by atoms with Crippen LogP contribution in [0.4, 0.5) is 0 Å². The third-order valence-electron chi connectivity index (χ3n) is 4.98. The number of nitriles is 2. The van der Waals surface area contributed by atoms with E-state index in [-0.39, 0.29) is 23.5 Å². The lowest BCUT2D eigenvalue weighted by atomic mass is 9.97. The largest absolute Gasteiger partial charge is 0.508 e. The number of fused-ring (bicyclic) bond motifs is 1. The normalized spacial score (nSPS) is 12.2. The molecule has 2 aromatic carbocycles. The Morgan fingerprint density at radius 1 is 1.00 bits per heavy atom. The molecule has 8 nitrogen and oxygen atoms in total. The summed E-state index contributed by atoms with van der Waals surface area (Å²) >= 11 is 0. The first-order valence-corrected chi connectivity index (χ1v) is 10.5. The Morgan fingerprint density at radius 2 is 1.74 bits per heavy atom. The van der Waals surface area contributed by atoms with Crippen molar-refractivity contribution in [1.82, 2.24) is 0 Å². The number of nitrogens with zero attached hydrogens (tertiary/aromatic N) is 2. The van der Waals surface area contributed by atoms with E-state index >= 15 is 0 Å². The molecule has 0 radical (unpaired) electrons. The second-order valence-electron chi connectivity index (χ2n) is 7.45. The summed E-state index contributed by atoms with van der Waals surface area (Å²) in [6.45, 7) is 0.362. The number of carboxylic acids is 1. The Kier molecular flexibility index (Phi) is 7.93. The number of unbranched alkanes of at least 4 members (excludes halogenated alkanes) is 2. The molecule has 0 atom stereocenters. The van der Waals surface area contributed by atoms with E-state index in [1.807, 2.05) is 12.1 Å². The second kappa shape index (κ2) is 11.3. The van der Waals surface area contributed by atoms with E-state index < -0.39 is 5.97 Å². The average molecular weight is 458 g/mol. The molecule has 0 spiro atoms. The maximum absolute atomic E-state index is 10.6. The molecular formula is C26H22N2O6. The number of hydrogen-bond acceptors (Lipinski definition) is 7. The van der Waals surface area contributed by atoms with Gasteiger partial charge in [-0.25, -0.2) is 0 Å². The maximum Gasteiger partial charge on any atom is 0.303 e. The van der Waals surface area contributed by atoms with Gasteiger partial charge < -0.3 is 24.8 Å². The molecule has 0 fully saturated rings. The molecule has 1 aliphatic rings. The van der Waals surface area contributed by atoms with Gasteiger partial charge >= 0.3 is 5.97 Å². The van der Waals surface area contributed by atoms with E-state index in [2.05, 4.69) is 0 Å². The summed E-state index contributed by atoms with van der Waals surface area (Å²) in [5, 5.41) is 47.0. The monoisotopic (exact) mass is 458 g/mol. The second-order valence-corrected chi connectivity index (χ2v) is 7.45. The molecule has 1 aliphatic heterocycles. The van der Waals surface area contributed by atoms with Crippen molar-refractivity contribution in [2.45, 2.75) is 25.7 Å². The van der Waals surface area contributed by atoms with E-state index in [1.165, 1.54) is 24.3 Å². The number of benzene rings is 2. The van der Waals surface area contributed by atoms with Crippen molar-refractivity contribution in [2.24, 2.45) is 0 Å². The zero-order valence-electron chi connectivity index (χ0n) is 18.2. The van der Waals surface area contributed by atoms with Crippen molar-refractivity contribution in [3.63, 3.8) is 0 Å². The summed E-state index contributed by atoms with van der Waals surface area (Å²) in [7, 11) is 0. The number of phenolic OH excluding ortho intramolecular Hbond substituents is 2. The molecule has 172 valence electrons. The highest BCUT2D eigenvalue weighted by atomic mass is 16.5. The lowest BCUT2D eigenvalue weighted by Gasteiger charge is -2.19. The quantitative estimate of drug-likeness (QED) is 0.355. The molecule has 0 bridgehead atoms. The number of allylic oxidation sites excluding steroid dienone is 4. The van der Waals surface area contributed by atoms with Crippen LogP contribution in [0.2, 0.25) is 0 Å². The molecule has 34 heavy (non-hydrogen) atoms. The number of rotatable bonds is 9. The predicted molar refractivity (Wildman–Crippen MR) is 124 cm³/mol. The first-order chi connectivity index (χ1) is 16.4. The zero-order valence-corrected chi connectivity index (χ0v) is 18.2. The molecule has 3 N–H and O–H groups in total. The minimum absolute atomic E-state index is 0.0173. The van der Waals surface area contributed by atoms with Crippen LogP contribution in [0.5, 0.6) is 23.0 Å². The number of carboxylic acid groups (broad SMARTS) is 1. The molecule has 0 saturated heterocycles. The van der Waals surface area contributed by atoms with E-state index in [4.69, 9.17) is 14.6 Å². The van der Waals surface area contributed by atoms with Crippen LogP contribution in [0.15, 0.2) is 59.9 Å². The van der Waals surface area contributed by atoms with Crippen LogP contribution in [-0.2, 0) is 4.79 Å². The standard InChI is InChI=1S/C26H22N2O6/c27-15-18(16-28)22-14-21(34-24-10-8-19(29)12-23(22)24)9-6-17-5-7-20(30)13-25(17)33-11-3-1-2-4-26(31)32/h5-10,12-14,29-30H,1-4,11H2,(H,31,32). The van der Waals surface area contributed by atoms with Gasteiger partial charge in [0, 0.05) is 29.2 Å². The van der Waals surface area contributed by atoms with Crippen LogP contribution in [0, 0.1) is 22.7 Å². The van der Waals surface area contributed by atoms with Crippen LogP contribution in [-0.4, -0.2) is 27.9 Å². The number of aliphatic carboxylic acids is 1. The SMILES string of the molecule is N#CC(C#N)=C1C=C(C=Cc2ccc(O)cc2OCCCCCC(=O)O)Oc2ccc(O)cc21. The smallest absolute Gasteiger partial charge is 0.303 e. The van der Waals surface area contributed by atoms with Crippen molar-refractivity contribution in [3.05, 3.63) is 71.0 Å². The molecule has 3 rings (SSSR count). The Balaban J connectivity index is 1.80.